The highest BCUT2D eigenvalue weighted by Gasteiger charge is 2.13. The van der Waals surface area contributed by atoms with E-state index in [1.807, 2.05) is 6.92 Å². The van der Waals surface area contributed by atoms with E-state index < -0.39 is 0 Å². The molecule has 0 saturated carbocycles. The molecular formula is C12H23N3O. The molecule has 0 fully saturated rings. The summed E-state index contributed by atoms with van der Waals surface area (Å²) < 4.78 is 0. The molecule has 2 unspecified atom stereocenters. The van der Waals surface area contributed by atoms with Crippen LogP contribution in [-0.2, 0) is 4.79 Å². The van der Waals surface area contributed by atoms with Gasteiger partial charge >= 0.3 is 0 Å². The Bertz CT molecular complexity index is 247. The molecule has 0 rings (SSSR count). The molecule has 0 bridgehead atoms. The van der Waals surface area contributed by atoms with E-state index in [1.165, 1.54) is 0 Å². The summed E-state index contributed by atoms with van der Waals surface area (Å²) in [7, 11) is 1.75. The minimum atomic E-state index is -0.101. The number of hydrogen-bond donors (Lipinski definition) is 1. The van der Waals surface area contributed by atoms with Gasteiger partial charge in [-0.15, -0.1) is 0 Å². The van der Waals surface area contributed by atoms with Gasteiger partial charge < -0.3 is 10.6 Å². The monoisotopic (exact) mass is 225 g/mol. The molecule has 0 aromatic rings. The lowest BCUT2D eigenvalue weighted by atomic mass is 10.0. The molecule has 0 spiro atoms. The predicted molar refractivity (Wildman–Crippen MR) is 64.5 cm³/mol. The van der Waals surface area contributed by atoms with Crippen LogP contribution >= 0.6 is 0 Å². The second kappa shape index (κ2) is 8.12. The van der Waals surface area contributed by atoms with Gasteiger partial charge in [-0.1, -0.05) is 6.92 Å². The Kier molecular flexibility index (Phi) is 7.57. The minimum Gasteiger partial charge on any atom is -0.344 e. The number of nitrogens with zero attached hydrogens (tertiary/aromatic N) is 2. The fourth-order valence-electron chi connectivity index (χ4n) is 1.54. The average Bonchev–Trinajstić information content (AvgIpc) is 2.25. The van der Waals surface area contributed by atoms with E-state index >= 15 is 0 Å². The number of amides is 1. The van der Waals surface area contributed by atoms with E-state index in [4.69, 9.17) is 11.0 Å². The van der Waals surface area contributed by atoms with Crippen molar-refractivity contribution in [3.05, 3.63) is 0 Å². The van der Waals surface area contributed by atoms with Crippen molar-refractivity contribution >= 4 is 5.91 Å². The summed E-state index contributed by atoms with van der Waals surface area (Å²) in [6, 6.07) is 2.13. The lowest BCUT2D eigenvalue weighted by molar-refractivity contribution is -0.130. The van der Waals surface area contributed by atoms with E-state index in [-0.39, 0.29) is 11.8 Å². The molecule has 0 aromatic carbocycles. The third-order valence-electron chi connectivity index (χ3n) is 2.70. The Hall–Kier alpha value is -1.08. The van der Waals surface area contributed by atoms with Gasteiger partial charge in [0.2, 0.25) is 5.91 Å². The van der Waals surface area contributed by atoms with Gasteiger partial charge in [0.25, 0.3) is 0 Å². The zero-order valence-corrected chi connectivity index (χ0v) is 10.6. The number of nitriles is 1. The number of nitrogens with two attached hydrogens (primary N) is 1. The van der Waals surface area contributed by atoms with Crippen molar-refractivity contribution in [1.29, 1.82) is 5.26 Å². The Morgan fingerprint density at radius 2 is 2.06 bits per heavy atom. The highest BCUT2D eigenvalue weighted by Crippen LogP contribution is 2.10. The molecule has 16 heavy (non-hydrogen) atoms. The van der Waals surface area contributed by atoms with Gasteiger partial charge in [0.1, 0.15) is 0 Å². The summed E-state index contributed by atoms with van der Waals surface area (Å²) >= 11 is 0. The summed E-state index contributed by atoms with van der Waals surface area (Å²) in [6.45, 7) is 5.12. The van der Waals surface area contributed by atoms with Gasteiger partial charge in [-0.2, -0.15) is 5.26 Å². The SMILES string of the molecule is CC(C#N)CN(C)C(=O)CCC(C)CCN. The Morgan fingerprint density at radius 3 is 2.56 bits per heavy atom. The second-order valence-electron chi connectivity index (χ2n) is 4.53. The van der Waals surface area contributed by atoms with Crippen LogP contribution in [0.3, 0.4) is 0 Å². The van der Waals surface area contributed by atoms with Gasteiger partial charge in [-0.25, -0.2) is 0 Å². The summed E-state index contributed by atoms with van der Waals surface area (Å²) in [5.74, 6) is 0.511. The quantitative estimate of drug-likeness (QED) is 0.711. The Morgan fingerprint density at radius 1 is 1.44 bits per heavy atom. The van der Waals surface area contributed by atoms with Crippen LogP contribution in [-0.4, -0.2) is 30.9 Å². The van der Waals surface area contributed by atoms with Crippen LogP contribution in [0.15, 0.2) is 0 Å². The zero-order chi connectivity index (χ0) is 12.6. The molecular weight excluding hydrogens is 202 g/mol. The standard InChI is InChI=1S/C12H23N3O/c1-10(6-7-13)4-5-12(16)15(3)9-11(2)8-14/h10-11H,4-7,9,13H2,1-3H3. The maximum atomic E-state index is 11.7. The third-order valence-corrected chi connectivity index (χ3v) is 2.70. The fraction of sp³-hybridized carbons (Fsp3) is 0.833. The summed E-state index contributed by atoms with van der Waals surface area (Å²) in [5.41, 5.74) is 5.45. The predicted octanol–water partition coefficient (Wildman–Crippen LogP) is 1.37. The van der Waals surface area contributed by atoms with Gasteiger partial charge in [0.15, 0.2) is 0 Å². The highest BCUT2D eigenvalue weighted by molar-refractivity contribution is 5.75. The maximum Gasteiger partial charge on any atom is 0.222 e. The van der Waals surface area contributed by atoms with E-state index in [0.717, 1.165) is 12.8 Å². The molecule has 0 aliphatic carbocycles. The van der Waals surface area contributed by atoms with E-state index in [9.17, 15) is 4.79 Å². The Balaban J connectivity index is 3.84. The summed E-state index contributed by atoms with van der Waals surface area (Å²) in [4.78, 5) is 13.3. The molecule has 0 radical (unpaired) electrons. The lowest BCUT2D eigenvalue weighted by Gasteiger charge is -2.19. The third kappa shape index (κ3) is 6.41. The van der Waals surface area contributed by atoms with Crippen molar-refractivity contribution in [1.82, 2.24) is 4.90 Å². The number of carbonyl (C=O) groups excluding carboxylic acids is 1. The van der Waals surface area contributed by atoms with Gasteiger partial charge in [-0.05, 0) is 32.2 Å². The van der Waals surface area contributed by atoms with E-state index in [2.05, 4.69) is 13.0 Å². The van der Waals surface area contributed by atoms with Crippen molar-refractivity contribution in [2.45, 2.75) is 33.1 Å². The van der Waals surface area contributed by atoms with Gasteiger partial charge in [0, 0.05) is 20.0 Å². The smallest absolute Gasteiger partial charge is 0.222 e. The molecule has 92 valence electrons. The normalized spacial score (nSPS) is 13.9. The van der Waals surface area contributed by atoms with Crippen molar-refractivity contribution in [3.63, 3.8) is 0 Å². The summed E-state index contributed by atoms with van der Waals surface area (Å²) in [5, 5.41) is 8.65. The van der Waals surface area contributed by atoms with Crippen LogP contribution in [0.4, 0.5) is 0 Å². The molecule has 2 atom stereocenters. The van der Waals surface area contributed by atoms with Crippen LogP contribution < -0.4 is 5.73 Å². The van der Waals surface area contributed by atoms with Crippen LogP contribution in [0.1, 0.15) is 33.1 Å². The topological polar surface area (TPSA) is 70.1 Å². The summed E-state index contributed by atoms with van der Waals surface area (Å²) in [6.07, 6.45) is 2.39. The van der Waals surface area contributed by atoms with E-state index in [0.29, 0.717) is 25.4 Å². The molecule has 0 aliphatic rings. The Labute approximate surface area is 98.4 Å². The molecule has 2 N–H and O–H groups in total. The van der Waals surface area contributed by atoms with Crippen molar-refractivity contribution < 1.29 is 4.79 Å². The fourth-order valence-corrected chi connectivity index (χ4v) is 1.54. The van der Waals surface area contributed by atoms with Crippen LogP contribution in [0.25, 0.3) is 0 Å². The van der Waals surface area contributed by atoms with Gasteiger partial charge in [0.05, 0.1) is 12.0 Å². The maximum absolute atomic E-state index is 11.7. The molecule has 0 aromatic heterocycles. The van der Waals surface area contributed by atoms with Gasteiger partial charge in [-0.3, -0.25) is 4.79 Å². The largest absolute Gasteiger partial charge is 0.344 e. The number of rotatable bonds is 7. The zero-order valence-electron chi connectivity index (χ0n) is 10.6. The first-order chi connectivity index (χ1) is 7.51. The van der Waals surface area contributed by atoms with Crippen LogP contribution in [0.5, 0.6) is 0 Å². The van der Waals surface area contributed by atoms with E-state index in [1.54, 1.807) is 11.9 Å². The molecule has 0 aliphatic heterocycles. The van der Waals surface area contributed by atoms with Crippen LogP contribution in [0, 0.1) is 23.2 Å². The molecule has 1 amide bonds. The average molecular weight is 225 g/mol. The highest BCUT2D eigenvalue weighted by atomic mass is 16.2. The molecule has 0 heterocycles. The van der Waals surface area contributed by atoms with Crippen molar-refractivity contribution in [2.75, 3.05) is 20.1 Å². The first-order valence-electron chi connectivity index (χ1n) is 5.84. The first-order valence-corrected chi connectivity index (χ1v) is 5.84. The molecule has 0 saturated heterocycles. The first kappa shape index (κ1) is 14.9. The lowest BCUT2D eigenvalue weighted by Crippen LogP contribution is -2.30. The van der Waals surface area contributed by atoms with Crippen LogP contribution in [0.2, 0.25) is 0 Å². The number of hydrogen-bond acceptors (Lipinski definition) is 3. The second-order valence-corrected chi connectivity index (χ2v) is 4.53. The number of carbonyl (C=O) groups is 1. The van der Waals surface area contributed by atoms with Crippen molar-refractivity contribution in [2.24, 2.45) is 17.6 Å². The molecule has 4 nitrogen and oxygen atoms in total. The minimum absolute atomic E-state index is 0.101. The van der Waals surface area contributed by atoms with Crippen molar-refractivity contribution in [3.8, 4) is 6.07 Å². The molecule has 4 heteroatoms.